The van der Waals surface area contributed by atoms with Gasteiger partial charge in [0.15, 0.2) is 0 Å². The average Bonchev–Trinajstić information content (AvgIpc) is 2.50. The van der Waals surface area contributed by atoms with Crippen LogP contribution in [0.1, 0.15) is 27.9 Å². The Morgan fingerprint density at radius 1 is 1.04 bits per heavy atom. The first-order valence-corrected chi connectivity index (χ1v) is 8.17. The summed E-state index contributed by atoms with van der Waals surface area (Å²) >= 11 is 0. The summed E-state index contributed by atoms with van der Waals surface area (Å²) in [6.45, 7) is 5.90. The lowest BCUT2D eigenvalue weighted by Crippen LogP contribution is -2.17. The number of benzene rings is 1. The Bertz CT molecular complexity index is 677. The zero-order chi connectivity index (χ0) is 17.5. The second kappa shape index (κ2) is 8.45. The Balaban J connectivity index is 1.98. The minimum absolute atomic E-state index is 0.149. The van der Waals surface area contributed by atoms with Crippen LogP contribution in [0.3, 0.4) is 0 Å². The first-order chi connectivity index (χ1) is 11.4. The summed E-state index contributed by atoms with van der Waals surface area (Å²) in [5.74, 6) is -0.149. The summed E-state index contributed by atoms with van der Waals surface area (Å²) in [4.78, 5) is 18.7. The van der Waals surface area contributed by atoms with Gasteiger partial charge in [-0.25, -0.2) is 0 Å². The number of amides is 1. The second-order valence-corrected chi connectivity index (χ2v) is 6.38. The van der Waals surface area contributed by atoms with Crippen LogP contribution in [-0.2, 0) is 0 Å². The highest BCUT2D eigenvalue weighted by Crippen LogP contribution is 2.16. The van der Waals surface area contributed by atoms with Crippen molar-refractivity contribution in [1.29, 1.82) is 0 Å². The maximum absolute atomic E-state index is 12.4. The lowest BCUT2D eigenvalue weighted by atomic mass is 10.1. The molecule has 1 aromatic heterocycles. The number of aryl methyl sites for hydroxylation is 2. The van der Waals surface area contributed by atoms with E-state index in [1.54, 1.807) is 12.4 Å². The first kappa shape index (κ1) is 17.9. The van der Waals surface area contributed by atoms with Gasteiger partial charge in [0.25, 0.3) is 5.91 Å². The quantitative estimate of drug-likeness (QED) is 0.767. The predicted octanol–water partition coefficient (Wildman–Crippen LogP) is 3.31. The normalized spacial score (nSPS) is 10.7. The Hall–Kier alpha value is -2.40. The number of carbonyl (C=O) groups is 1. The summed E-state index contributed by atoms with van der Waals surface area (Å²) in [5.41, 5.74) is 4.47. The third kappa shape index (κ3) is 5.66. The molecule has 0 atom stereocenters. The molecular weight excluding hydrogens is 300 g/mol. The minimum Gasteiger partial charge on any atom is -0.384 e. The topological polar surface area (TPSA) is 57.3 Å². The summed E-state index contributed by atoms with van der Waals surface area (Å²) in [6.07, 6.45) is 4.36. The van der Waals surface area contributed by atoms with Gasteiger partial charge in [-0.1, -0.05) is 6.07 Å². The van der Waals surface area contributed by atoms with E-state index in [1.165, 1.54) is 0 Å². The van der Waals surface area contributed by atoms with E-state index in [4.69, 9.17) is 0 Å². The number of anilines is 2. The van der Waals surface area contributed by atoms with Gasteiger partial charge in [-0.2, -0.15) is 0 Å². The van der Waals surface area contributed by atoms with Crippen LogP contribution in [0, 0.1) is 13.8 Å². The SMILES string of the molecule is Cc1cc(C)cc(NC(=O)c2cncc(NCCCN(C)C)c2)c1. The van der Waals surface area contributed by atoms with Crippen molar-refractivity contribution in [2.75, 3.05) is 37.8 Å². The van der Waals surface area contributed by atoms with Crippen molar-refractivity contribution in [2.24, 2.45) is 0 Å². The van der Waals surface area contributed by atoms with E-state index in [-0.39, 0.29) is 5.91 Å². The molecule has 5 nitrogen and oxygen atoms in total. The fraction of sp³-hybridized carbons (Fsp3) is 0.368. The molecule has 0 saturated carbocycles. The zero-order valence-corrected chi connectivity index (χ0v) is 14.9. The number of hydrogen-bond donors (Lipinski definition) is 2. The number of aromatic nitrogens is 1. The van der Waals surface area contributed by atoms with Crippen LogP contribution >= 0.6 is 0 Å². The van der Waals surface area contributed by atoms with Crippen molar-refractivity contribution in [3.05, 3.63) is 53.3 Å². The van der Waals surface area contributed by atoms with Crippen LogP contribution in [0.25, 0.3) is 0 Å². The van der Waals surface area contributed by atoms with E-state index < -0.39 is 0 Å². The van der Waals surface area contributed by atoms with E-state index in [9.17, 15) is 4.79 Å². The molecule has 0 saturated heterocycles. The van der Waals surface area contributed by atoms with Crippen molar-refractivity contribution in [2.45, 2.75) is 20.3 Å². The molecule has 0 aliphatic heterocycles. The van der Waals surface area contributed by atoms with Gasteiger partial charge >= 0.3 is 0 Å². The van der Waals surface area contributed by atoms with Crippen molar-refractivity contribution >= 4 is 17.3 Å². The van der Waals surface area contributed by atoms with Gasteiger partial charge in [-0.05, 0) is 70.2 Å². The van der Waals surface area contributed by atoms with Crippen LogP contribution in [0.4, 0.5) is 11.4 Å². The van der Waals surface area contributed by atoms with Gasteiger partial charge in [-0.3, -0.25) is 9.78 Å². The number of hydrogen-bond acceptors (Lipinski definition) is 4. The molecule has 1 heterocycles. The Morgan fingerprint density at radius 3 is 2.42 bits per heavy atom. The maximum Gasteiger partial charge on any atom is 0.257 e. The summed E-state index contributed by atoms with van der Waals surface area (Å²) in [7, 11) is 4.11. The van der Waals surface area contributed by atoms with Gasteiger partial charge in [-0.15, -0.1) is 0 Å². The Labute approximate surface area is 144 Å². The van der Waals surface area contributed by atoms with Crippen LogP contribution in [0.5, 0.6) is 0 Å². The molecule has 1 aromatic carbocycles. The van der Waals surface area contributed by atoms with Crippen molar-refractivity contribution in [3.8, 4) is 0 Å². The fourth-order valence-corrected chi connectivity index (χ4v) is 2.54. The highest BCUT2D eigenvalue weighted by molar-refractivity contribution is 6.04. The lowest BCUT2D eigenvalue weighted by Gasteiger charge is -2.11. The van der Waals surface area contributed by atoms with E-state index in [0.717, 1.165) is 42.0 Å². The van der Waals surface area contributed by atoms with Crippen LogP contribution in [0.15, 0.2) is 36.7 Å². The number of nitrogens with one attached hydrogen (secondary N) is 2. The summed E-state index contributed by atoms with van der Waals surface area (Å²) < 4.78 is 0. The molecule has 0 radical (unpaired) electrons. The fourth-order valence-electron chi connectivity index (χ4n) is 2.54. The van der Waals surface area contributed by atoms with Gasteiger partial charge in [0.05, 0.1) is 11.3 Å². The average molecular weight is 326 g/mol. The van der Waals surface area contributed by atoms with Crippen LogP contribution in [-0.4, -0.2) is 43.0 Å². The van der Waals surface area contributed by atoms with E-state index in [2.05, 4.69) is 40.7 Å². The van der Waals surface area contributed by atoms with Gasteiger partial charge < -0.3 is 15.5 Å². The van der Waals surface area contributed by atoms with Crippen molar-refractivity contribution < 1.29 is 4.79 Å². The Kier molecular flexibility index (Phi) is 6.32. The molecule has 128 valence electrons. The zero-order valence-electron chi connectivity index (χ0n) is 14.9. The van der Waals surface area contributed by atoms with Gasteiger partial charge in [0.2, 0.25) is 0 Å². The number of rotatable bonds is 7. The number of carbonyl (C=O) groups excluding carboxylic acids is 1. The molecule has 2 rings (SSSR count). The molecule has 0 fully saturated rings. The first-order valence-electron chi connectivity index (χ1n) is 8.17. The summed E-state index contributed by atoms with van der Waals surface area (Å²) in [5, 5.41) is 6.24. The standard InChI is InChI=1S/C19H26N4O/c1-14-8-15(2)10-17(9-14)22-19(24)16-11-18(13-20-12-16)21-6-5-7-23(3)4/h8-13,21H,5-7H2,1-4H3,(H,22,24). The number of pyridine rings is 1. The van der Waals surface area contributed by atoms with Crippen molar-refractivity contribution in [1.82, 2.24) is 9.88 Å². The van der Waals surface area contributed by atoms with E-state index >= 15 is 0 Å². The molecule has 24 heavy (non-hydrogen) atoms. The third-order valence-electron chi connectivity index (χ3n) is 3.59. The molecule has 1 amide bonds. The third-order valence-corrected chi connectivity index (χ3v) is 3.59. The molecule has 0 aliphatic carbocycles. The van der Waals surface area contributed by atoms with Crippen molar-refractivity contribution in [3.63, 3.8) is 0 Å². The Morgan fingerprint density at radius 2 is 1.75 bits per heavy atom. The number of nitrogens with zero attached hydrogens (tertiary/aromatic N) is 2. The predicted molar refractivity (Wildman–Crippen MR) is 99.8 cm³/mol. The highest BCUT2D eigenvalue weighted by Gasteiger charge is 2.08. The van der Waals surface area contributed by atoms with E-state index in [0.29, 0.717) is 5.56 Å². The molecule has 0 spiro atoms. The highest BCUT2D eigenvalue weighted by atomic mass is 16.1. The molecule has 0 unspecified atom stereocenters. The molecule has 2 N–H and O–H groups in total. The minimum atomic E-state index is -0.149. The van der Waals surface area contributed by atoms with E-state index in [1.807, 2.05) is 32.0 Å². The van der Waals surface area contributed by atoms with Crippen LogP contribution < -0.4 is 10.6 Å². The molecule has 5 heteroatoms. The lowest BCUT2D eigenvalue weighted by molar-refractivity contribution is 0.102. The van der Waals surface area contributed by atoms with Crippen LogP contribution in [0.2, 0.25) is 0 Å². The van der Waals surface area contributed by atoms with Gasteiger partial charge in [0, 0.05) is 24.6 Å². The maximum atomic E-state index is 12.4. The molecular formula is C19H26N4O. The monoisotopic (exact) mass is 326 g/mol. The molecule has 0 aliphatic rings. The van der Waals surface area contributed by atoms with Gasteiger partial charge in [0.1, 0.15) is 0 Å². The largest absolute Gasteiger partial charge is 0.384 e. The molecule has 2 aromatic rings. The molecule has 0 bridgehead atoms. The smallest absolute Gasteiger partial charge is 0.257 e. The summed E-state index contributed by atoms with van der Waals surface area (Å²) in [6, 6.07) is 7.83. The second-order valence-electron chi connectivity index (χ2n) is 6.38.